The van der Waals surface area contributed by atoms with Crippen LogP contribution in [0.15, 0.2) is 146 Å². The molecule has 194 valence electrons. The first-order chi connectivity index (χ1) is 20.3. The summed E-state index contributed by atoms with van der Waals surface area (Å²) in [4.78, 5) is 20.9. The van der Waals surface area contributed by atoms with Crippen LogP contribution in [0.2, 0.25) is 0 Å². The third kappa shape index (κ3) is 4.95. The number of rotatable bonds is 6. The Bertz CT molecular complexity index is 1740. The minimum absolute atomic E-state index is 0.852. The van der Waals surface area contributed by atoms with Crippen molar-refractivity contribution >= 4 is 11.3 Å². The Balaban J connectivity index is 1.43. The third-order valence-electron chi connectivity index (χ3n) is 6.94. The van der Waals surface area contributed by atoms with Crippen LogP contribution < -0.4 is 0 Å². The van der Waals surface area contributed by atoms with Crippen molar-refractivity contribution in [3.05, 3.63) is 146 Å². The summed E-state index contributed by atoms with van der Waals surface area (Å²) in [5, 5.41) is 0. The lowest BCUT2D eigenvalue weighted by Crippen LogP contribution is -1.89. The average Bonchev–Trinajstić information content (AvgIpc) is 3.47. The normalized spacial score (nSPS) is 10.9. The van der Waals surface area contributed by atoms with Crippen LogP contribution in [0.4, 0.5) is 0 Å². The van der Waals surface area contributed by atoms with Crippen molar-refractivity contribution in [1.29, 1.82) is 0 Å². The lowest BCUT2D eigenvalue weighted by atomic mass is 9.92. The Morgan fingerprint density at radius 1 is 0.341 bits per heavy atom. The molecule has 0 fully saturated rings. The first-order valence-electron chi connectivity index (χ1n) is 13.4. The lowest BCUT2D eigenvalue weighted by molar-refractivity contribution is 1.25. The minimum atomic E-state index is 0.852. The fourth-order valence-corrected chi connectivity index (χ4v) is 6.31. The van der Waals surface area contributed by atoms with Crippen LogP contribution in [0.25, 0.3) is 65.9 Å². The molecule has 4 nitrogen and oxygen atoms in total. The summed E-state index contributed by atoms with van der Waals surface area (Å²) in [7, 11) is 0. The highest BCUT2D eigenvalue weighted by molar-refractivity contribution is 7.20. The number of benzene rings is 2. The van der Waals surface area contributed by atoms with Crippen molar-refractivity contribution in [2.24, 2.45) is 0 Å². The molecule has 0 bridgehead atoms. The monoisotopic (exact) mass is 544 g/mol. The van der Waals surface area contributed by atoms with E-state index in [0.29, 0.717) is 0 Å². The van der Waals surface area contributed by atoms with Crippen LogP contribution in [-0.4, -0.2) is 19.9 Å². The Hall–Kier alpha value is -5.26. The quantitative estimate of drug-likeness (QED) is 0.209. The fourth-order valence-electron chi connectivity index (χ4n) is 4.99. The van der Waals surface area contributed by atoms with Crippen LogP contribution in [-0.2, 0) is 0 Å². The predicted octanol–water partition coefficient (Wildman–Crippen LogP) is 9.33. The Morgan fingerprint density at radius 3 is 1.12 bits per heavy atom. The maximum Gasteiger partial charge on any atom is 0.0886 e. The molecule has 0 unspecified atom stereocenters. The number of nitrogens with zero attached hydrogens (tertiary/aromatic N) is 4. The van der Waals surface area contributed by atoms with Gasteiger partial charge in [0.1, 0.15) is 0 Å². The van der Waals surface area contributed by atoms with E-state index in [9.17, 15) is 0 Å². The van der Waals surface area contributed by atoms with Gasteiger partial charge in [0.2, 0.25) is 0 Å². The molecule has 5 aromatic heterocycles. The summed E-state index contributed by atoms with van der Waals surface area (Å²) >= 11 is 1.77. The molecule has 5 heterocycles. The zero-order valence-electron chi connectivity index (χ0n) is 22.1. The van der Waals surface area contributed by atoms with Crippen LogP contribution in [0.1, 0.15) is 0 Å². The van der Waals surface area contributed by atoms with E-state index in [0.717, 1.165) is 45.0 Å². The molecule has 41 heavy (non-hydrogen) atoms. The van der Waals surface area contributed by atoms with Gasteiger partial charge in [-0.2, -0.15) is 0 Å². The van der Waals surface area contributed by atoms with Crippen LogP contribution in [0, 0.1) is 0 Å². The first-order valence-corrected chi connectivity index (χ1v) is 14.2. The van der Waals surface area contributed by atoms with Crippen molar-refractivity contribution in [3.63, 3.8) is 0 Å². The predicted molar refractivity (Wildman–Crippen MR) is 168 cm³/mol. The van der Waals surface area contributed by atoms with Crippen LogP contribution in [0.3, 0.4) is 0 Å². The highest BCUT2D eigenvalue weighted by Crippen LogP contribution is 2.51. The van der Waals surface area contributed by atoms with Crippen LogP contribution in [0.5, 0.6) is 0 Å². The first kappa shape index (κ1) is 24.8. The molecule has 0 aliphatic heterocycles. The number of hydrogen-bond acceptors (Lipinski definition) is 5. The maximum absolute atomic E-state index is 4.81. The van der Waals surface area contributed by atoms with E-state index < -0.39 is 0 Å². The second-order valence-electron chi connectivity index (χ2n) is 9.54. The molecule has 0 radical (unpaired) electrons. The number of aromatic nitrogens is 4. The Labute approximate surface area is 242 Å². The topological polar surface area (TPSA) is 51.6 Å². The molecule has 7 rings (SSSR count). The van der Waals surface area contributed by atoms with Gasteiger partial charge in [-0.05, 0) is 59.7 Å². The van der Waals surface area contributed by atoms with Gasteiger partial charge in [-0.1, -0.05) is 72.8 Å². The van der Waals surface area contributed by atoms with Crippen molar-refractivity contribution in [1.82, 2.24) is 19.9 Å². The number of thiophene rings is 1. The van der Waals surface area contributed by atoms with Crippen molar-refractivity contribution < 1.29 is 0 Å². The van der Waals surface area contributed by atoms with Gasteiger partial charge in [0.15, 0.2) is 0 Å². The van der Waals surface area contributed by atoms with E-state index in [4.69, 9.17) is 9.97 Å². The molecule has 0 aliphatic carbocycles. The molecule has 0 N–H and O–H groups in total. The van der Waals surface area contributed by atoms with Gasteiger partial charge in [-0.3, -0.25) is 19.9 Å². The lowest BCUT2D eigenvalue weighted by Gasteiger charge is -2.11. The molecule has 0 amide bonds. The second kappa shape index (κ2) is 11.1. The molecule has 7 aromatic rings. The molecular formula is C36H24N4S. The van der Waals surface area contributed by atoms with Gasteiger partial charge in [0, 0.05) is 56.8 Å². The van der Waals surface area contributed by atoms with E-state index >= 15 is 0 Å². The minimum Gasteiger partial charge on any atom is -0.255 e. The van der Waals surface area contributed by atoms with Crippen molar-refractivity contribution in [3.8, 4) is 65.9 Å². The smallest absolute Gasteiger partial charge is 0.0886 e. The van der Waals surface area contributed by atoms with Gasteiger partial charge in [0.25, 0.3) is 0 Å². The van der Waals surface area contributed by atoms with Gasteiger partial charge in [-0.15, -0.1) is 11.3 Å². The van der Waals surface area contributed by atoms with E-state index in [1.807, 2.05) is 48.8 Å². The van der Waals surface area contributed by atoms with E-state index in [1.165, 1.54) is 20.9 Å². The zero-order chi connectivity index (χ0) is 27.4. The molecule has 0 saturated heterocycles. The SMILES string of the molecule is c1ccc(-c2c(-c3ccc(-c4ccccn4)nc3)sc(-c3ccc(-c4ccccn4)nc3)c2-c2ccccc2)cc1. The van der Waals surface area contributed by atoms with E-state index in [-0.39, 0.29) is 0 Å². The summed E-state index contributed by atoms with van der Waals surface area (Å²) < 4.78 is 0. The second-order valence-corrected chi connectivity index (χ2v) is 10.6. The Morgan fingerprint density at radius 2 is 0.756 bits per heavy atom. The van der Waals surface area contributed by atoms with Crippen molar-refractivity contribution in [2.75, 3.05) is 0 Å². The molecule has 0 atom stereocenters. The molecule has 0 spiro atoms. The Kier molecular flexibility index (Phi) is 6.69. The van der Waals surface area contributed by atoms with E-state index in [1.54, 1.807) is 23.7 Å². The molecular weight excluding hydrogens is 520 g/mol. The molecule has 5 heteroatoms. The molecule has 0 saturated carbocycles. The van der Waals surface area contributed by atoms with Crippen LogP contribution >= 0.6 is 11.3 Å². The zero-order valence-corrected chi connectivity index (χ0v) is 22.9. The van der Waals surface area contributed by atoms with Gasteiger partial charge in [-0.25, -0.2) is 0 Å². The fraction of sp³-hybridized carbons (Fsp3) is 0. The van der Waals surface area contributed by atoms with Gasteiger partial charge >= 0.3 is 0 Å². The highest BCUT2D eigenvalue weighted by atomic mass is 32.1. The summed E-state index contributed by atoms with van der Waals surface area (Å²) in [6.07, 6.45) is 7.51. The molecule has 0 aliphatic rings. The highest BCUT2D eigenvalue weighted by Gasteiger charge is 2.23. The average molecular weight is 545 g/mol. The summed E-state index contributed by atoms with van der Waals surface area (Å²) in [6.45, 7) is 0. The third-order valence-corrected chi connectivity index (χ3v) is 8.23. The standard InChI is InChI=1S/C36H24N4S/c1-3-11-25(12-4-1)33-34(26-13-5-2-6-14-26)36(28-18-20-32(40-24-28)30-16-8-10-22-38-30)41-35(33)27-17-19-31(39-23-27)29-15-7-9-21-37-29/h1-24H. The summed E-state index contributed by atoms with van der Waals surface area (Å²) in [5.41, 5.74) is 10.3. The van der Waals surface area contributed by atoms with Gasteiger partial charge in [0.05, 0.1) is 22.8 Å². The largest absolute Gasteiger partial charge is 0.255 e. The number of hydrogen-bond donors (Lipinski definition) is 0. The summed E-state index contributed by atoms with van der Waals surface area (Å²) in [5.74, 6) is 0. The van der Waals surface area contributed by atoms with Gasteiger partial charge < -0.3 is 0 Å². The maximum atomic E-state index is 4.81. The van der Waals surface area contributed by atoms with E-state index in [2.05, 4.69) is 94.9 Å². The van der Waals surface area contributed by atoms with Crippen molar-refractivity contribution in [2.45, 2.75) is 0 Å². The summed E-state index contributed by atoms with van der Waals surface area (Å²) in [6, 6.07) is 41.4. The molecule has 2 aromatic carbocycles. The number of pyridine rings is 4.